The van der Waals surface area contributed by atoms with Crippen molar-refractivity contribution in [3.63, 3.8) is 0 Å². The van der Waals surface area contributed by atoms with Gasteiger partial charge in [0.1, 0.15) is 17.1 Å². The van der Waals surface area contributed by atoms with Crippen LogP contribution < -0.4 is 5.32 Å². The summed E-state index contributed by atoms with van der Waals surface area (Å²) in [7, 11) is 0. The first-order valence-electron chi connectivity index (χ1n) is 9.16. The van der Waals surface area contributed by atoms with Crippen LogP contribution in [-0.4, -0.2) is 15.1 Å². The highest BCUT2D eigenvalue weighted by molar-refractivity contribution is 6.36. The largest absolute Gasteiger partial charge is 0.505 e. The summed E-state index contributed by atoms with van der Waals surface area (Å²) >= 11 is 13.1. The van der Waals surface area contributed by atoms with Crippen LogP contribution in [0.25, 0.3) is 10.9 Å². The van der Waals surface area contributed by atoms with Crippen LogP contribution in [0.3, 0.4) is 0 Å². The second-order valence-corrected chi connectivity index (χ2v) is 7.77. The van der Waals surface area contributed by atoms with Crippen LogP contribution in [-0.2, 0) is 0 Å². The predicted octanol–water partition coefficient (Wildman–Crippen LogP) is 6.46. The molecule has 0 saturated carbocycles. The summed E-state index contributed by atoms with van der Waals surface area (Å²) in [5.74, 6) is 0.745. The average Bonchev–Trinajstić information content (AvgIpc) is 2.68. The second-order valence-electron chi connectivity index (χ2n) is 6.96. The molecule has 29 heavy (non-hydrogen) atoms. The molecule has 0 bridgehead atoms. The Balaban J connectivity index is 1.93. The van der Waals surface area contributed by atoms with Crippen molar-refractivity contribution in [3.05, 3.63) is 93.2 Å². The van der Waals surface area contributed by atoms with E-state index in [1.165, 1.54) is 0 Å². The van der Waals surface area contributed by atoms with E-state index in [-0.39, 0.29) is 5.75 Å². The number of hydrogen-bond acceptors (Lipinski definition) is 4. The summed E-state index contributed by atoms with van der Waals surface area (Å²) in [5.41, 5.74) is 3.71. The van der Waals surface area contributed by atoms with Gasteiger partial charge < -0.3 is 10.4 Å². The van der Waals surface area contributed by atoms with E-state index in [9.17, 15) is 5.11 Å². The van der Waals surface area contributed by atoms with Crippen molar-refractivity contribution in [2.75, 3.05) is 5.32 Å². The molecule has 6 heteroatoms. The zero-order valence-electron chi connectivity index (χ0n) is 15.9. The van der Waals surface area contributed by atoms with E-state index in [1.807, 2.05) is 50.2 Å². The highest BCUT2D eigenvalue weighted by Crippen LogP contribution is 2.41. The molecule has 0 saturated heterocycles. The monoisotopic (exact) mass is 423 g/mol. The quantitative estimate of drug-likeness (QED) is 0.395. The Morgan fingerprint density at radius 3 is 2.41 bits per heavy atom. The minimum Gasteiger partial charge on any atom is -0.505 e. The minimum atomic E-state index is -0.516. The molecule has 4 aromatic rings. The van der Waals surface area contributed by atoms with Gasteiger partial charge in [-0.15, -0.1) is 0 Å². The van der Waals surface area contributed by atoms with Gasteiger partial charge in [0.2, 0.25) is 0 Å². The number of phenols is 1. The lowest BCUT2D eigenvalue weighted by Gasteiger charge is -2.24. The van der Waals surface area contributed by atoms with Gasteiger partial charge in [0, 0.05) is 38.4 Å². The van der Waals surface area contributed by atoms with Gasteiger partial charge in [0.25, 0.3) is 0 Å². The fraction of sp³-hybridized carbons (Fsp3) is 0.130. The molecule has 0 amide bonds. The van der Waals surface area contributed by atoms with Gasteiger partial charge in [-0.05, 0) is 49.7 Å². The first-order valence-corrected chi connectivity index (χ1v) is 9.92. The molecule has 0 unspecified atom stereocenters. The number of benzene rings is 2. The van der Waals surface area contributed by atoms with E-state index >= 15 is 0 Å². The molecule has 4 nitrogen and oxygen atoms in total. The zero-order valence-corrected chi connectivity index (χ0v) is 17.5. The second kappa shape index (κ2) is 7.90. The van der Waals surface area contributed by atoms with Crippen molar-refractivity contribution in [2.45, 2.75) is 19.9 Å². The normalized spacial score (nSPS) is 12.1. The number of aryl methyl sites for hydroxylation is 2. The number of nitrogens with zero attached hydrogens (tertiary/aromatic N) is 2. The fourth-order valence-electron chi connectivity index (χ4n) is 3.37. The Hall–Kier alpha value is -2.82. The molecule has 0 aliphatic carbocycles. The summed E-state index contributed by atoms with van der Waals surface area (Å²) < 4.78 is 0. The average molecular weight is 424 g/mol. The maximum Gasteiger partial charge on any atom is 0.147 e. The van der Waals surface area contributed by atoms with Crippen molar-refractivity contribution in [1.82, 2.24) is 9.97 Å². The van der Waals surface area contributed by atoms with Gasteiger partial charge in [-0.3, -0.25) is 0 Å². The zero-order chi connectivity index (χ0) is 20.5. The van der Waals surface area contributed by atoms with Crippen LogP contribution in [0.15, 0.2) is 60.8 Å². The number of pyridine rings is 2. The number of aromatic nitrogens is 2. The number of anilines is 1. The number of fused-ring (bicyclic) bond motifs is 1. The molecule has 0 fully saturated rings. The van der Waals surface area contributed by atoms with Crippen molar-refractivity contribution >= 4 is 39.9 Å². The molecule has 0 radical (unpaired) electrons. The first-order chi connectivity index (χ1) is 13.9. The topological polar surface area (TPSA) is 58.0 Å². The SMILES string of the molecule is Cc1ccnc(N[C@@H](c2ccc3ccc(C)nc3c2O)c2c(Cl)cccc2Cl)c1. The molecule has 1 atom stereocenters. The Bertz CT molecular complexity index is 1190. The first kappa shape index (κ1) is 19.5. The smallest absolute Gasteiger partial charge is 0.147 e. The molecule has 146 valence electrons. The number of phenolic OH excluding ortho intramolecular Hbond substituents is 1. The van der Waals surface area contributed by atoms with Crippen LogP contribution in [0.2, 0.25) is 10.0 Å². The van der Waals surface area contributed by atoms with E-state index in [4.69, 9.17) is 23.2 Å². The van der Waals surface area contributed by atoms with Gasteiger partial charge in [0.05, 0.1) is 6.04 Å². The molecular formula is C23H19Cl2N3O. The lowest BCUT2D eigenvalue weighted by Crippen LogP contribution is -2.15. The van der Waals surface area contributed by atoms with Crippen LogP contribution in [0.1, 0.15) is 28.4 Å². The third-order valence-electron chi connectivity index (χ3n) is 4.81. The third kappa shape index (κ3) is 3.86. The lowest BCUT2D eigenvalue weighted by molar-refractivity contribution is 0.471. The Morgan fingerprint density at radius 2 is 1.69 bits per heavy atom. The van der Waals surface area contributed by atoms with Crippen LogP contribution in [0.5, 0.6) is 5.75 Å². The molecule has 2 aromatic heterocycles. The molecule has 4 rings (SSSR count). The fourth-order valence-corrected chi connectivity index (χ4v) is 3.99. The van der Waals surface area contributed by atoms with E-state index < -0.39 is 6.04 Å². The Morgan fingerprint density at radius 1 is 0.966 bits per heavy atom. The third-order valence-corrected chi connectivity index (χ3v) is 5.47. The van der Waals surface area contributed by atoms with Crippen molar-refractivity contribution in [2.24, 2.45) is 0 Å². The number of hydrogen-bond donors (Lipinski definition) is 2. The van der Waals surface area contributed by atoms with E-state index in [0.29, 0.717) is 32.5 Å². The van der Waals surface area contributed by atoms with Crippen molar-refractivity contribution < 1.29 is 5.11 Å². The molecular weight excluding hydrogens is 405 g/mol. The molecule has 0 aliphatic heterocycles. The minimum absolute atomic E-state index is 0.0901. The van der Waals surface area contributed by atoms with E-state index in [0.717, 1.165) is 16.6 Å². The molecule has 0 spiro atoms. The van der Waals surface area contributed by atoms with Gasteiger partial charge in [-0.1, -0.05) is 47.5 Å². The van der Waals surface area contributed by atoms with Crippen LogP contribution >= 0.6 is 23.2 Å². The predicted molar refractivity (Wildman–Crippen MR) is 119 cm³/mol. The number of nitrogens with one attached hydrogen (secondary N) is 1. The summed E-state index contributed by atoms with van der Waals surface area (Å²) in [6.45, 7) is 3.88. The maximum absolute atomic E-state index is 11.1. The van der Waals surface area contributed by atoms with Crippen LogP contribution in [0, 0.1) is 13.8 Å². The van der Waals surface area contributed by atoms with Gasteiger partial charge in [-0.25, -0.2) is 9.97 Å². The van der Waals surface area contributed by atoms with Crippen molar-refractivity contribution in [3.8, 4) is 5.75 Å². The maximum atomic E-state index is 11.1. The lowest BCUT2D eigenvalue weighted by atomic mass is 9.96. The number of halogens is 2. The standard InChI is InChI=1S/C23H19Cl2N3O/c1-13-10-11-26-19(12-13)28-22(20-17(24)4-3-5-18(20)25)16-9-8-15-7-6-14(2)27-21(15)23(16)29/h3-12,22,29H,1-2H3,(H,26,28)/t22-/m0/s1. The Labute approximate surface area is 179 Å². The van der Waals surface area contributed by atoms with E-state index in [1.54, 1.807) is 24.4 Å². The molecule has 2 aromatic carbocycles. The highest BCUT2D eigenvalue weighted by Gasteiger charge is 2.24. The molecule has 0 aliphatic rings. The molecule has 2 N–H and O–H groups in total. The van der Waals surface area contributed by atoms with Gasteiger partial charge >= 0.3 is 0 Å². The highest BCUT2D eigenvalue weighted by atomic mass is 35.5. The summed E-state index contributed by atoms with van der Waals surface area (Å²) in [6.07, 6.45) is 1.73. The van der Waals surface area contributed by atoms with Crippen LogP contribution in [0.4, 0.5) is 5.82 Å². The number of aromatic hydroxyl groups is 1. The van der Waals surface area contributed by atoms with Gasteiger partial charge in [0.15, 0.2) is 0 Å². The number of rotatable bonds is 4. The summed E-state index contributed by atoms with van der Waals surface area (Å²) in [6, 6.07) is 16.3. The molecule has 2 heterocycles. The van der Waals surface area contributed by atoms with Crippen molar-refractivity contribution in [1.29, 1.82) is 0 Å². The van der Waals surface area contributed by atoms with E-state index in [2.05, 4.69) is 15.3 Å². The summed E-state index contributed by atoms with van der Waals surface area (Å²) in [5, 5.41) is 16.4. The Kier molecular flexibility index (Phi) is 5.31. The van der Waals surface area contributed by atoms with Gasteiger partial charge in [-0.2, -0.15) is 0 Å². The summed E-state index contributed by atoms with van der Waals surface area (Å²) in [4.78, 5) is 8.92.